The quantitative estimate of drug-likeness (QED) is 0.583. The van der Waals surface area contributed by atoms with E-state index >= 15 is 0 Å². The van der Waals surface area contributed by atoms with E-state index in [2.05, 4.69) is 12.1 Å². The average Bonchev–Trinajstić information content (AvgIpc) is 2.94. The topological polar surface area (TPSA) is 50.1 Å². The van der Waals surface area contributed by atoms with Gasteiger partial charge in [-0.3, -0.25) is 10.5 Å². The average molecular weight is 260 g/mol. The van der Waals surface area contributed by atoms with Crippen LogP contribution in [-0.4, -0.2) is 19.1 Å². The summed E-state index contributed by atoms with van der Waals surface area (Å²) in [5.74, 6) is -0.145. The molecule has 2 rings (SSSR count). The molecule has 0 atom stereocenters. The van der Waals surface area contributed by atoms with Crippen LogP contribution in [0.1, 0.15) is 37.7 Å². The highest BCUT2D eigenvalue weighted by Crippen LogP contribution is 2.38. The Morgan fingerprint density at radius 1 is 1.21 bits per heavy atom. The molecular weight excluding hydrogens is 238 g/mol. The molecule has 3 nitrogen and oxygen atoms in total. The summed E-state index contributed by atoms with van der Waals surface area (Å²) in [6.07, 6.45) is 5.55. The van der Waals surface area contributed by atoms with Gasteiger partial charge < -0.3 is 4.74 Å². The Kier molecular flexibility index (Phi) is 4.97. The Morgan fingerprint density at radius 3 is 2.53 bits per heavy atom. The summed E-state index contributed by atoms with van der Waals surface area (Å²) >= 11 is 0. The van der Waals surface area contributed by atoms with Gasteiger partial charge in [-0.1, -0.05) is 43.2 Å². The zero-order chi connectivity index (χ0) is 13.6. The van der Waals surface area contributed by atoms with Crippen LogP contribution in [-0.2, 0) is 16.0 Å². The summed E-state index contributed by atoms with van der Waals surface area (Å²) in [5.41, 5.74) is 8.37. The number of hydrogen-bond acceptors (Lipinski definition) is 2. The molecule has 0 amide bonds. The predicted molar refractivity (Wildman–Crippen MR) is 74.6 cm³/mol. The molecule has 1 N–H and O–H groups in total. The molecule has 1 saturated carbocycles. The third-order valence-corrected chi connectivity index (χ3v) is 4.02. The third kappa shape index (κ3) is 3.57. The Bertz CT molecular complexity index is 396. The van der Waals surface area contributed by atoms with E-state index in [1.165, 1.54) is 5.56 Å². The molecule has 0 unspecified atom stereocenters. The van der Waals surface area contributed by atoms with Gasteiger partial charge in [-0.25, -0.2) is 0 Å². The van der Waals surface area contributed by atoms with Gasteiger partial charge in [0.1, 0.15) is 0 Å². The molecule has 1 aromatic carbocycles. The molecule has 0 heterocycles. The van der Waals surface area contributed by atoms with Crippen LogP contribution in [0, 0.1) is 5.41 Å². The number of nitrogens with one attached hydrogen (secondary N) is 1. The summed E-state index contributed by atoms with van der Waals surface area (Å²) in [6.45, 7) is 0.639. The van der Waals surface area contributed by atoms with Crippen molar-refractivity contribution in [2.75, 3.05) is 13.2 Å². The van der Waals surface area contributed by atoms with Crippen molar-refractivity contribution >= 4 is 5.97 Å². The van der Waals surface area contributed by atoms with Crippen LogP contribution in [0.5, 0.6) is 0 Å². The van der Waals surface area contributed by atoms with Crippen LogP contribution >= 0.6 is 0 Å². The number of benzene rings is 1. The van der Waals surface area contributed by atoms with Gasteiger partial charge in [-0.05, 0) is 31.2 Å². The fraction of sp³-hybridized carbons (Fsp3) is 0.562. The van der Waals surface area contributed by atoms with Crippen LogP contribution < -0.4 is 5.73 Å². The van der Waals surface area contributed by atoms with Crippen LogP contribution in [0.25, 0.3) is 0 Å². The van der Waals surface area contributed by atoms with Gasteiger partial charge >= 0.3 is 5.97 Å². The van der Waals surface area contributed by atoms with Gasteiger partial charge in [0.2, 0.25) is 0 Å². The molecule has 0 aromatic heterocycles. The highest BCUT2D eigenvalue weighted by Gasteiger charge is 2.41. The van der Waals surface area contributed by atoms with E-state index < -0.39 is 5.41 Å². The number of aryl methyl sites for hydroxylation is 1. The minimum absolute atomic E-state index is 0.145. The summed E-state index contributed by atoms with van der Waals surface area (Å²) in [4.78, 5) is 12.1. The lowest BCUT2D eigenvalue weighted by Crippen LogP contribution is -2.34. The molecule has 1 aliphatic carbocycles. The highest BCUT2D eigenvalue weighted by molar-refractivity contribution is 5.77. The molecule has 1 aromatic rings. The minimum Gasteiger partial charge on any atom is -0.465 e. The molecule has 103 valence electrons. The first kappa shape index (κ1) is 14.1. The minimum atomic E-state index is -0.493. The lowest BCUT2D eigenvalue weighted by atomic mass is 9.86. The van der Waals surface area contributed by atoms with Gasteiger partial charge in [0.15, 0.2) is 0 Å². The monoisotopic (exact) mass is 260 g/mol. The first-order valence-corrected chi connectivity index (χ1v) is 7.13. The maximum absolute atomic E-state index is 12.1. The van der Waals surface area contributed by atoms with Crippen molar-refractivity contribution < 1.29 is 9.53 Å². The fourth-order valence-electron chi connectivity index (χ4n) is 2.74. The Hall–Kier alpha value is -1.35. The Balaban J connectivity index is 1.72. The molecule has 1 aliphatic rings. The molecule has 3 heteroatoms. The lowest BCUT2D eigenvalue weighted by molar-refractivity contribution is -0.155. The summed E-state index contributed by atoms with van der Waals surface area (Å²) in [6, 6.07) is 10.2. The van der Waals surface area contributed by atoms with Gasteiger partial charge in [0, 0.05) is 6.54 Å². The van der Waals surface area contributed by atoms with Crippen LogP contribution in [0.3, 0.4) is 0 Å². The number of carbonyl (C=O) groups is 1. The molecule has 0 spiro atoms. The van der Waals surface area contributed by atoms with Gasteiger partial charge in [-0.15, -0.1) is 0 Å². The molecule has 1 radical (unpaired) electrons. The number of rotatable bonds is 6. The second-order valence-electron chi connectivity index (χ2n) is 5.39. The molecule has 0 aliphatic heterocycles. The lowest BCUT2D eigenvalue weighted by Gasteiger charge is -2.24. The SMILES string of the molecule is [NH]CC1(C(=O)OCCCc2ccccc2)CCCC1. The van der Waals surface area contributed by atoms with Crippen molar-refractivity contribution in [1.29, 1.82) is 0 Å². The van der Waals surface area contributed by atoms with E-state index in [9.17, 15) is 4.79 Å². The fourth-order valence-corrected chi connectivity index (χ4v) is 2.74. The van der Waals surface area contributed by atoms with Crippen molar-refractivity contribution in [2.45, 2.75) is 38.5 Å². The second kappa shape index (κ2) is 6.71. The number of hydrogen-bond donors (Lipinski definition) is 0. The zero-order valence-electron chi connectivity index (χ0n) is 11.4. The van der Waals surface area contributed by atoms with E-state index in [1.54, 1.807) is 0 Å². The first-order chi connectivity index (χ1) is 9.27. The van der Waals surface area contributed by atoms with Crippen molar-refractivity contribution in [3.63, 3.8) is 0 Å². The maximum Gasteiger partial charge on any atom is 0.313 e. The Labute approximate surface area is 115 Å². The van der Waals surface area contributed by atoms with Gasteiger partial charge in [0.05, 0.1) is 12.0 Å². The summed E-state index contributed by atoms with van der Waals surface area (Å²) < 4.78 is 5.38. The molecule has 19 heavy (non-hydrogen) atoms. The van der Waals surface area contributed by atoms with Crippen LogP contribution in [0.4, 0.5) is 0 Å². The Morgan fingerprint density at radius 2 is 1.89 bits per heavy atom. The van der Waals surface area contributed by atoms with Crippen molar-refractivity contribution in [2.24, 2.45) is 5.41 Å². The van der Waals surface area contributed by atoms with E-state index in [-0.39, 0.29) is 12.5 Å². The zero-order valence-corrected chi connectivity index (χ0v) is 11.4. The number of esters is 1. The van der Waals surface area contributed by atoms with Crippen molar-refractivity contribution in [3.8, 4) is 0 Å². The van der Waals surface area contributed by atoms with Crippen LogP contribution in [0.15, 0.2) is 30.3 Å². The summed E-state index contributed by atoms with van der Waals surface area (Å²) in [7, 11) is 0. The van der Waals surface area contributed by atoms with E-state index in [1.807, 2.05) is 18.2 Å². The van der Waals surface area contributed by atoms with Gasteiger partial charge in [-0.2, -0.15) is 0 Å². The van der Waals surface area contributed by atoms with E-state index in [0.29, 0.717) is 6.61 Å². The number of carbonyl (C=O) groups excluding carboxylic acids is 1. The van der Waals surface area contributed by atoms with E-state index in [0.717, 1.165) is 38.5 Å². The molecular formula is C16H22NO2. The standard InChI is InChI=1S/C16H22NO2/c17-13-16(10-4-5-11-16)15(18)19-12-6-9-14-7-2-1-3-8-14/h1-3,7-8,17H,4-6,9-13H2. The molecule has 0 saturated heterocycles. The molecule has 0 bridgehead atoms. The molecule has 1 fully saturated rings. The normalized spacial score (nSPS) is 17.3. The second-order valence-corrected chi connectivity index (χ2v) is 5.39. The summed E-state index contributed by atoms with van der Waals surface area (Å²) in [5, 5.41) is 0. The largest absolute Gasteiger partial charge is 0.465 e. The van der Waals surface area contributed by atoms with Gasteiger partial charge in [0.25, 0.3) is 0 Å². The van der Waals surface area contributed by atoms with Crippen molar-refractivity contribution in [3.05, 3.63) is 35.9 Å². The predicted octanol–water partition coefficient (Wildman–Crippen LogP) is 3.01. The van der Waals surface area contributed by atoms with E-state index in [4.69, 9.17) is 10.5 Å². The van der Waals surface area contributed by atoms with Crippen LogP contribution in [0.2, 0.25) is 0 Å². The van der Waals surface area contributed by atoms with Crippen molar-refractivity contribution in [1.82, 2.24) is 5.73 Å². The third-order valence-electron chi connectivity index (χ3n) is 4.02. The highest BCUT2D eigenvalue weighted by atomic mass is 16.5. The maximum atomic E-state index is 12.1. The number of ether oxygens (including phenoxy) is 1. The first-order valence-electron chi connectivity index (χ1n) is 7.13. The smallest absolute Gasteiger partial charge is 0.313 e.